The van der Waals surface area contributed by atoms with Crippen molar-refractivity contribution in [1.29, 1.82) is 0 Å². The summed E-state index contributed by atoms with van der Waals surface area (Å²) in [6.45, 7) is 5.91. The van der Waals surface area contributed by atoms with E-state index in [0.717, 1.165) is 62.1 Å². The van der Waals surface area contributed by atoms with E-state index in [2.05, 4.69) is 10.5 Å². The number of nitrogens with zero attached hydrogens (tertiary/aromatic N) is 2. The van der Waals surface area contributed by atoms with E-state index in [4.69, 9.17) is 4.52 Å². The molecule has 0 bridgehead atoms. The quantitative estimate of drug-likeness (QED) is 0.808. The molecule has 0 aromatic carbocycles. The van der Waals surface area contributed by atoms with Gasteiger partial charge < -0.3 is 14.7 Å². The van der Waals surface area contributed by atoms with Gasteiger partial charge in [0.05, 0.1) is 11.6 Å². The Morgan fingerprint density at radius 3 is 2.71 bits per heavy atom. The molecular weight excluding hydrogens is 306 g/mol. The van der Waals surface area contributed by atoms with Crippen LogP contribution in [0.3, 0.4) is 0 Å². The third-order valence-corrected chi connectivity index (χ3v) is 5.11. The Bertz CT molecular complexity index is 587. The van der Waals surface area contributed by atoms with E-state index in [-0.39, 0.29) is 23.7 Å². The Morgan fingerprint density at radius 1 is 1.25 bits per heavy atom. The number of nitrogens with one attached hydrogen (secondary N) is 1. The number of carbonyl (C=O) groups is 2. The van der Waals surface area contributed by atoms with Gasteiger partial charge in [0, 0.05) is 31.1 Å². The molecule has 1 aromatic heterocycles. The van der Waals surface area contributed by atoms with Gasteiger partial charge in [-0.15, -0.1) is 0 Å². The molecule has 1 aliphatic heterocycles. The SMILES string of the molecule is Cc1noc(C)c1CCCNC(=O)[C@H]1CCCN(C(=O)C2CC2)C1. The summed E-state index contributed by atoms with van der Waals surface area (Å²) in [6, 6.07) is 0. The topological polar surface area (TPSA) is 75.4 Å². The molecule has 2 heterocycles. The number of piperidine rings is 1. The Balaban J connectivity index is 1.40. The molecule has 6 nitrogen and oxygen atoms in total. The average Bonchev–Trinajstić information content (AvgIpc) is 3.39. The van der Waals surface area contributed by atoms with Gasteiger partial charge in [-0.2, -0.15) is 0 Å². The van der Waals surface area contributed by atoms with E-state index >= 15 is 0 Å². The van der Waals surface area contributed by atoms with Crippen LogP contribution in [0, 0.1) is 25.7 Å². The van der Waals surface area contributed by atoms with Crippen LogP contribution >= 0.6 is 0 Å². The van der Waals surface area contributed by atoms with Crippen LogP contribution in [0.15, 0.2) is 4.52 Å². The van der Waals surface area contributed by atoms with Crippen LogP contribution in [0.2, 0.25) is 0 Å². The number of likely N-dealkylation sites (tertiary alicyclic amines) is 1. The fourth-order valence-corrected chi connectivity index (χ4v) is 3.46. The molecule has 0 spiro atoms. The summed E-state index contributed by atoms with van der Waals surface area (Å²) < 4.78 is 5.15. The van der Waals surface area contributed by atoms with Gasteiger partial charge in [0.25, 0.3) is 0 Å². The third-order valence-electron chi connectivity index (χ3n) is 5.11. The van der Waals surface area contributed by atoms with Gasteiger partial charge in [0.15, 0.2) is 0 Å². The third kappa shape index (κ3) is 3.97. The molecule has 1 saturated carbocycles. The van der Waals surface area contributed by atoms with Crippen LogP contribution < -0.4 is 5.32 Å². The number of hydrogen-bond acceptors (Lipinski definition) is 4. The summed E-state index contributed by atoms with van der Waals surface area (Å²) in [5.74, 6) is 1.38. The van der Waals surface area contributed by atoms with E-state index in [1.165, 1.54) is 0 Å². The van der Waals surface area contributed by atoms with E-state index < -0.39 is 0 Å². The Kier molecular flexibility index (Phi) is 5.21. The largest absolute Gasteiger partial charge is 0.361 e. The van der Waals surface area contributed by atoms with Gasteiger partial charge in [0.2, 0.25) is 11.8 Å². The van der Waals surface area contributed by atoms with Crippen LogP contribution in [-0.4, -0.2) is 41.5 Å². The van der Waals surface area contributed by atoms with Crippen molar-refractivity contribution < 1.29 is 14.1 Å². The lowest BCUT2D eigenvalue weighted by atomic mass is 9.96. The van der Waals surface area contributed by atoms with E-state index in [1.807, 2.05) is 18.7 Å². The molecule has 6 heteroatoms. The number of amides is 2. The summed E-state index contributed by atoms with van der Waals surface area (Å²) in [7, 11) is 0. The van der Waals surface area contributed by atoms with Gasteiger partial charge in [-0.25, -0.2) is 0 Å². The maximum absolute atomic E-state index is 12.4. The first kappa shape index (κ1) is 17.0. The van der Waals surface area contributed by atoms with Gasteiger partial charge in [0.1, 0.15) is 5.76 Å². The zero-order valence-electron chi connectivity index (χ0n) is 14.6. The minimum atomic E-state index is -0.0551. The first-order chi connectivity index (χ1) is 11.6. The molecule has 3 rings (SSSR count). The Morgan fingerprint density at radius 2 is 2.04 bits per heavy atom. The molecular formula is C18H27N3O3. The fourth-order valence-electron chi connectivity index (χ4n) is 3.46. The molecule has 0 unspecified atom stereocenters. The van der Waals surface area contributed by atoms with Crippen molar-refractivity contribution in [1.82, 2.24) is 15.4 Å². The van der Waals surface area contributed by atoms with Crippen molar-refractivity contribution in [2.75, 3.05) is 19.6 Å². The zero-order valence-corrected chi connectivity index (χ0v) is 14.6. The number of aryl methyl sites for hydroxylation is 2. The average molecular weight is 333 g/mol. The van der Waals surface area contributed by atoms with Crippen LogP contribution in [0.1, 0.15) is 49.1 Å². The maximum Gasteiger partial charge on any atom is 0.225 e. The standard InChI is InChI=1S/C18H27N3O3/c1-12-16(13(2)24-20-12)6-3-9-19-17(22)15-5-4-10-21(11-15)18(23)14-7-8-14/h14-15H,3-11H2,1-2H3,(H,19,22)/t15-/m0/s1. The van der Waals surface area contributed by atoms with E-state index in [0.29, 0.717) is 13.1 Å². The summed E-state index contributed by atoms with van der Waals surface area (Å²) in [4.78, 5) is 26.4. The lowest BCUT2D eigenvalue weighted by Crippen LogP contribution is -2.46. The van der Waals surface area contributed by atoms with E-state index in [9.17, 15) is 9.59 Å². The number of rotatable bonds is 6. The minimum Gasteiger partial charge on any atom is -0.361 e. The molecule has 1 aromatic rings. The molecule has 1 saturated heterocycles. The van der Waals surface area contributed by atoms with Gasteiger partial charge >= 0.3 is 0 Å². The van der Waals surface area contributed by atoms with Crippen molar-refractivity contribution in [3.05, 3.63) is 17.0 Å². The van der Waals surface area contributed by atoms with Crippen molar-refractivity contribution in [2.24, 2.45) is 11.8 Å². The van der Waals surface area contributed by atoms with Crippen LogP contribution in [0.5, 0.6) is 0 Å². The summed E-state index contributed by atoms with van der Waals surface area (Å²) >= 11 is 0. The van der Waals surface area contributed by atoms with Crippen molar-refractivity contribution >= 4 is 11.8 Å². The molecule has 2 amide bonds. The van der Waals surface area contributed by atoms with Crippen LogP contribution in [0.4, 0.5) is 0 Å². The number of carbonyl (C=O) groups excluding carboxylic acids is 2. The van der Waals surface area contributed by atoms with Gasteiger partial charge in [-0.1, -0.05) is 5.16 Å². The van der Waals surface area contributed by atoms with Crippen molar-refractivity contribution in [3.63, 3.8) is 0 Å². The van der Waals surface area contributed by atoms with E-state index in [1.54, 1.807) is 0 Å². The Labute approximate surface area is 142 Å². The van der Waals surface area contributed by atoms with Gasteiger partial charge in [-0.3, -0.25) is 9.59 Å². The normalized spacial score (nSPS) is 20.9. The number of hydrogen-bond donors (Lipinski definition) is 1. The maximum atomic E-state index is 12.4. The molecule has 24 heavy (non-hydrogen) atoms. The smallest absolute Gasteiger partial charge is 0.225 e. The van der Waals surface area contributed by atoms with Crippen molar-refractivity contribution in [3.8, 4) is 0 Å². The molecule has 1 atom stereocenters. The highest BCUT2D eigenvalue weighted by molar-refractivity contribution is 5.83. The lowest BCUT2D eigenvalue weighted by molar-refractivity contribution is -0.136. The zero-order chi connectivity index (χ0) is 17.1. The summed E-state index contributed by atoms with van der Waals surface area (Å²) in [5.41, 5.74) is 2.07. The fraction of sp³-hybridized carbons (Fsp3) is 0.722. The molecule has 1 aliphatic carbocycles. The first-order valence-corrected chi connectivity index (χ1v) is 9.04. The van der Waals surface area contributed by atoms with Gasteiger partial charge in [-0.05, 0) is 52.4 Å². The molecule has 2 aliphatic rings. The molecule has 2 fully saturated rings. The van der Waals surface area contributed by atoms with Crippen LogP contribution in [-0.2, 0) is 16.0 Å². The second kappa shape index (κ2) is 7.36. The van der Waals surface area contributed by atoms with Crippen LogP contribution in [0.25, 0.3) is 0 Å². The minimum absolute atomic E-state index is 0.0551. The molecule has 1 N–H and O–H groups in total. The summed E-state index contributed by atoms with van der Waals surface area (Å²) in [6.07, 6.45) is 5.58. The molecule has 0 radical (unpaired) electrons. The van der Waals surface area contributed by atoms with Crippen molar-refractivity contribution in [2.45, 2.75) is 52.4 Å². The predicted octanol–water partition coefficient (Wildman–Crippen LogP) is 1.99. The summed E-state index contributed by atoms with van der Waals surface area (Å²) in [5, 5.41) is 6.98. The first-order valence-electron chi connectivity index (χ1n) is 9.04. The second-order valence-corrected chi connectivity index (χ2v) is 7.09. The number of aromatic nitrogens is 1. The second-order valence-electron chi connectivity index (χ2n) is 7.09. The molecule has 132 valence electrons. The monoisotopic (exact) mass is 333 g/mol. The highest BCUT2D eigenvalue weighted by atomic mass is 16.5. The predicted molar refractivity (Wildman–Crippen MR) is 89.3 cm³/mol. The lowest BCUT2D eigenvalue weighted by Gasteiger charge is -2.32. The highest BCUT2D eigenvalue weighted by Gasteiger charge is 2.36. The highest BCUT2D eigenvalue weighted by Crippen LogP contribution is 2.32. The Hall–Kier alpha value is -1.85.